The maximum absolute atomic E-state index is 11.7. The topological polar surface area (TPSA) is 164 Å². The summed E-state index contributed by atoms with van der Waals surface area (Å²) in [5.74, 6) is 1.51. The maximum atomic E-state index is 11.7. The van der Waals surface area contributed by atoms with Crippen molar-refractivity contribution in [2.24, 2.45) is 5.92 Å². The second-order valence-corrected chi connectivity index (χ2v) is 9.97. The second kappa shape index (κ2) is 9.16. The Morgan fingerprint density at radius 3 is 2.82 bits per heavy atom. The third-order valence-corrected chi connectivity index (χ3v) is 6.90. The average molecular weight is 472 g/mol. The van der Waals surface area contributed by atoms with Gasteiger partial charge in [0, 0.05) is 19.3 Å². The van der Waals surface area contributed by atoms with Gasteiger partial charge in [0.2, 0.25) is 15.9 Å². The highest BCUT2D eigenvalue weighted by molar-refractivity contribution is 7.88. The van der Waals surface area contributed by atoms with Crippen LogP contribution in [0.15, 0.2) is 24.7 Å². The molecule has 3 aromatic rings. The summed E-state index contributed by atoms with van der Waals surface area (Å²) in [5, 5.41) is 17.0. The van der Waals surface area contributed by atoms with Crippen molar-refractivity contribution in [1.82, 2.24) is 28.9 Å². The molecule has 3 N–H and O–H groups in total. The first-order chi connectivity index (χ1) is 15.8. The fraction of sp³-hybridized carbons (Fsp3) is 0.450. The van der Waals surface area contributed by atoms with Crippen molar-refractivity contribution in [1.29, 1.82) is 5.26 Å². The minimum absolute atomic E-state index is 0.0925. The smallest absolute Gasteiger partial charge is 0.241 e. The lowest BCUT2D eigenvalue weighted by atomic mass is 9.99. The van der Waals surface area contributed by atoms with Gasteiger partial charge in [-0.3, -0.25) is 0 Å². The van der Waals surface area contributed by atoms with Crippen molar-refractivity contribution < 1.29 is 13.2 Å². The molecule has 1 saturated heterocycles. The first kappa shape index (κ1) is 22.7. The molecule has 0 amide bonds. The highest BCUT2D eigenvalue weighted by Gasteiger charge is 2.26. The summed E-state index contributed by atoms with van der Waals surface area (Å²) in [6, 6.07) is 5.31. The molecule has 174 valence electrons. The third-order valence-electron chi connectivity index (χ3n) is 5.60. The minimum Gasteiger partial charge on any atom is -0.476 e. The molecule has 0 spiro atoms. The Balaban J connectivity index is 1.49. The zero-order valence-corrected chi connectivity index (χ0v) is 19.2. The molecule has 0 aliphatic carbocycles. The molecule has 0 bridgehead atoms. The number of anilines is 2. The van der Waals surface area contributed by atoms with Crippen LogP contribution in [-0.2, 0) is 10.0 Å². The van der Waals surface area contributed by atoms with Crippen LogP contribution in [0, 0.1) is 17.2 Å². The molecule has 13 heteroatoms. The van der Waals surface area contributed by atoms with Crippen molar-refractivity contribution >= 4 is 27.2 Å². The lowest BCUT2D eigenvalue weighted by Crippen LogP contribution is -2.39. The van der Waals surface area contributed by atoms with Gasteiger partial charge in [0.25, 0.3) is 0 Å². The van der Waals surface area contributed by atoms with Crippen LogP contribution in [0.5, 0.6) is 5.88 Å². The van der Waals surface area contributed by atoms with E-state index < -0.39 is 16.1 Å². The van der Waals surface area contributed by atoms with E-state index >= 15 is 0 Å². The van der Waals surface area contributed by atoms with Gasteiger partial charge in [0.1, 0.15) is 35.1 Å². The summed E-state index contributed by atoms with van der Waals surface area (Å²) in [5.41, 5.74) is 6.65. The van der Waals surface area contributed by atoms with E-state index in [4.69, 9.17) is 10.5 Å². The van der Waals surface area contributed by atoms with Crippen molar-refractivity contribution in [3.8, 4) is 11.9 Å². The number of sulfonamides is 1. The lowest BCUT2D eigenvalue weighted by molar-refractivity contribution is 0.181. The Kier molecular flexibility index (Phi) is 6.30. The molecule has 4 heterocycles. The average Bonchev–Trinajstić information content (AvgIpc) is 3.26. The van der Waals surface area contributed by atoms with Crippen LogP contribution < -0.4 is 15.8 Å². The van der Waals surface area contributed by atoms with Crippen LogP contribution in [0.4, 0.5) is 11.6 Å². The van der Waals surface area contributed by atoms with Gasteiger partial charge < -0.3 is 15.8 Å². The van der Waals surface area contributed by atoms with E-state index in [1.807, 2.05) is 25.1 Å². The van der Waals surface area contributed by atoms with Gasteiger partial charge in [0.05, 0.1) is 18.9 Å². The zero-order valence-electron chi connectivity index (χ0n) is 18.3. The molecule has 0 aromatic carbocycles. The number of nitrogens with one attached hydrogen (secondary N) is 1. The van der Waals surface area contributed by atoms with E-state index in [0.717, 1.165) is 18.4 Å². The Morgan fingerprint density at radius 1 is 1.36 bits per heavy atom. The minimum atomic E-state index is -3.16. The van der Waals surface area contributed by atoms with Crippen LogP contribution in [0.25, 0.3) is 5.52 Å². The highest BCUT2D eigenvalue weighted by Crippen LogP contribution is 2.25. The quantitative estimate of drug-likeness (QED) is 0.511. The van der Waals surface area contributed by atoms with Crippen molar-refractivity contribution in [3.63, 3.8) is 0 Å². The normalized spacial score (nSPS) is 16.4. The van der Waals surface area contributed by atoms with Crippen LogP contribution >= 0.6 is 0 Å². The molecule has 0 unspecified atom stereocenters. The highest BCUT2D eigenvalue weighted by atomic mass is 32.2. The summed E-state index contributed by atoms with van der Waals surface area (Å²) < 4.78 is 32.7. The van der Waals surface area contributed by atoms with Gasteiger partial charge in [-0.15, -0.1) is 0 Å². The van der Waals surface area contributed by atoms with Crippen molar-refractivity contribution in [2.75, 3.05) is 37.0 Å². The number of nitriles is 1. The summed E-state index contributed by atoms with van der Waals surface area (Å²) >= 11 is 0. The van der Waals surface area contributed by atoms with Crippen LogP contribution in [0.3, 0.4) is 0 Å². The van der Waals surface area contributed by atoms with Crippen molar-refractivity contribution in [3.05, 3.63) is 36.0 Å². The Labute approximate surface area is 191 Å². The number of aromatic nitrogens is 5. The molecule has 33 heavy (non-hydrogen) atoms. The summed E-state index contributed by atoms with van der Waals surface area (Å²) in [6.45, 7) is 3.26. The summed E-state index contributed by atoms with van der Waals surface area (Å²) in [7, 11) is -3.16. The number of nitrogens with zero attached hydrogens (tertiary/aromatic N) is 7. The fourth-order valence-corrected chi connectivity index (χ4v) is 4.58. The van der Waals surface area contributed by atoms with Gasteiger partial charge >= 0.3 is 0 Å². The van der Waals surface area contributed by atoms with Gasteiger partial charge in [0.15, 0.2) is 5.82 Å². The summed E-state index contributed by atoms with van der Waals surface area (Å²) in [4.78, 5) is 12.5. The van der Waals surface area contributed by atoms with Gasteiger partial charge in [-0.25, -0.2) is 27.2 Å². The van der Waals surface area contributed by atoms with Gasteiger partial charge in [-0.2, -0.15) is 15.3 Å². The Morgan fingerprint density at radius 2 is 2.12 bits per heavy atom. The molecule has 1 atom stereocenters. The monoisotopic (exact) mass is 471 g/mol. The third kappa shape index (κ3) is 4.96. The zero-order chi connectivity index (χ0) is 23.6. The molecule has 1 fully saturated rings. The number of hydrogen-bond donors (Lipinski definition) is 2. The predicted octanol–water partition coefficient (Wildman–Crippen LogP) is 1.20. The molecule has 3 aromatic heterocycles. The molecule has 0 saturated carbocycles. The largest absolute Gasteiger partial charge is 0.476 e. The van der Waals surface area contributed by atoms with E-state index in [1.54, 1.807) is 10.7 Å². The molecule has 12 nitrogen and oxygen atoms in total. The lowest BCUT2D eigenvalue weighted by Gasteiger charge is -2.30. The molecule has 1 aliphatic heterocycles. The number of fused-ring (bicyclic) bond motifs is 1. The molecule has 4 rings (SSSR count). The molecule has 0 radical (unpaired) electrons. The first-order valence-electron chi connectivity index (χ1n) is 10.5. The van der Waals surface area contributed by atoms with Crippen LogP contribution in [0.1, 0.15) is 37.2 Å². The Hall–Kier alpha value is -3.50. The standard InChI is InChI=1S/C20H25N9O3S/c1-13(25-19-15(10-21)17(22)23-12-24-19)18-26-20(16-4-3-7-29(16)27-18)32-11-14-5-8-28(9-6-14)33(2,30)31/h3-4,7,12-14H,5-6,8-9,11H2,1-2H3,(H3,22,23,24,25)/t13-/m0/s1. The molecular formula is C20H25N9O3S. The van der Waals surface area contributed by atoms with Gasteiger partial charge in [-0.1, -0.05) is 0 Å². The Bertz CT molecular complexity index is 1290. The number of piperidine rings is 1. The van der Waals surface area contributed by atoms with E-state index in [0.29, 0.717) is 37.2 Å². The fourth-order valence-electron chi connectivity index (χ4n) is 3.71. The predicted molar refractivity (Wildman–Crippen MR) is 121 cm³/mol. The summed E-state index contributed by atoms with van der Waals surface area (Å²) in [6.07, 6.45) is 5.78. The van der Waals surface area contributed by atoms with Gasteiger partial charge in [-0.05, 0) is 37.8 Å². The van der Waals surface area contributed by atoms with Crippen LogP contribution in [0.2, 0.25) is 0 Å². The van der Waals surface area contributed by atoms with E-state index in [-0.39, 0.29) is 17.3 Å². The van der Waals surface area contributed by atoms with Crippen LogP contribution in [-0.4, -0.2) is 63.2 Å². The number of hydrogen-bond acceptors (Lipinski definition) is 10. The molecule has 1 aliphatic rings. The number of rotatable bonds is 7. The first-order valence-corrected chi connectivity index (χ1v) is 12.3. The van der Waals surface area contributed by atoms with E-state index in [2.05, 4.69) is 25.4 Å². The van der Waals surface area contributed by atoms with E-state index in [1.165, 1.54) is 16.9 Å². The van der Waals surface area contributed by atoms with E-state index in [9.17, 15) is 13.7 Å². The SMILES string of the molecule is C[C@H](Nc1ncnc(N)c1C#N)c1nc(OCC2CCN(S(C)(=O)=O)CC2)c2cccn2n1. The maximum Gasteiger partial charge on any atom is 0.241 e. The number of nitrogens with two attached hydrogens (primary N) is 1. The second-order valence-electron chi connectivity index (χ2n) is 7.99. The molecular weight excluding hydrogens is 446 g/mol. The van der Waals surface area contributed by atoms with Crippen molar-refractivity contribution in [2.45, 2.75) is 25.8 Å². The number of nitrogen functional groups attached to an aromatic ring is 1. The number of ether oxygens (including phenoxy) is 1.